The first-order valence-corrected chi connectivity index (χ1v) is 10.6. The van der Waals surface area contributed by atoms with Gasteiger partial charge in [0.05, 0.1) is 23.2 Å². The van der Waals surface area contributed by atoms with Crippen molar-refractivity contribution < 1.29 is 19.3 Å². The number of amides is 2. The van der Waals surface area contributed by atoms with Crippen LogP contribution in [-0.2, 0) is 21.0 Å². The van der Waals surface area contributed by atoms with Crippen LogP contribution >= 0.6 is 0 Å². The molecule has 33 heavy (non-hydrogen) atoms. The molecule has 0 bridgehead atoms. The number of hydroxylamine groups is 1. The first kappa shape index (κ1) is 20.8. The van der Waals surface area contributed by atoms with Crippen LogP contribution in [0, 0.1) is 23.0 Å². The van der Waals surface area contributed by atoms with E-state index in [4.69, 9.17) is 4.84 Å². The number of hydrogen-bond acceptors (Lipinski definition) is 6. The zero-order valence-electron chi connectivity index (χ0n) is 17.8. The molecule has 0 N–H and O–H groups in total. The number of hydrogen-bond donors (Lipinski definition) is 0. The molecule has 0 radical (unpaired) electrons. The molecule has 0 aliphatic carbocycles. The van der Waals surface area contributed by atoms with Crippen molar-refractivity contribution in [3.63, 3.8) is 0 Å². The van der Waals surface area contributed by atoms with Gasteiger partial charge in [-0.25, -0.2) is 5.06 Å². The van der Waals surface area contributed by atoms with Gasteiger partial charge in [0, 0.05) is 12.1 Å². The van der Waals surface area contributed by atoms with E-state index < -0.39 is 28.9 Å². The molecular formula is C25H21N3O5. The van der Waals surface area contributed by atoms with Gasteiger partial charge in [-0.1, -0.05) is 66.2 Å². The smallest absolute Gasteiger partial charge is 0.271 e. The molecule has 0 unspecified atom stereocenters. The van der Waals surface area contributed by atoms with Gasteiger partial charge in [-0.2, -0.15) is 0 Å². The highest BCUT2D eigenvalue weighted by Crippen LogP contribution is 2.47. The third-order valence-electron chi connectivity index (χ3n) is 6.10. The van der Waals surface area contributed by atoms with Crippen molar-refractivity contribution in [2.24, 2.45) is 5.92 Å². The topological polar surface area (TPSA) is 93.0 Å². The van der Waals surface area contributed by atoms with Crippen molar-refractivity contribution in [1.82, 2.24) is 4.90 Å². The lowest BCUT2D eigenvalue weighted by Crippen LogP contribution is -2.37. The number of benzene rings is 3. The van der Waals surface area contributed by atoms with E-state index in [9.17, 15) is 19.7 Å². The summed E-state index contributed by atoms with van der Waals surface area (Å²) < 4.78 is 0. The maximum atomic E-state index is 13.5. The predicted molar refractivity (Wildman–Crippen MR) is 120 cm³/mol. The fourth-order valence-electron chi connectivity index (χ4n) is 4.46. The summed E-state index contributed by atoms with van der Waals surface area (Å²) in [6, 6.07) is 22.4. The normalized spacial score (nSPS) is 22.0. The molecule has 166 valence electrons. The number of likely N-dealkylation sites (tertiary alicyclic amines) is 1. The quantitative estimate of drug-likeness (QED) is 0.337. The maximum Gasteiger partial charge on any atom is 0.271 e. The molecule has 8 nitrogen and oxygen atoms in total. The highest BCUT2D eigenvalue weighted by molar-refractivity contribution is 6.07. The first-order valence-electron chi connectivity index (χ1n) is 10.6. The summed E-state index contributed by atoms with van der Waals surface area (Å²) in [4.78, 5) is 44.8. The van der Waals surface area contributed by atoms with Crippen LogP contribution in [0.25, 0.3) is 0 Å². The Balaban J connectivity index is 1.54. The molecule has 3 aromatic carbocycles. The second-order valence-corrected chi connectivity index (χ2v) is 8.26. The minimum atomic E-state index is -0.994. The highest BCUT2D eigenvalue weighted by atomic mass is 16.7. The summed E-state index contributed by atoms with van der Waals surface area (Å²) in [7, 11) is 0. The summed E-state index contributed by atoms with van der Waals surface area (Å²) in [5, 5.41) is 12.8. The van der Waals surface area contributed by atoms with Crippen LogP contribution < -0.4 is 5.06 Å². The van der Waals surface area contributed by atoms with Crippen LogP contribution in [0.3, 0.4) is 0 Å². The van der Waals surface area contributed by atoms with E-state index in [1.807, 2.05) is 61.5 Å². The molecule has 5 rings (SSSR count). The molecule has 2 heterocycles. The molecule has 8 heteroatoms. The average Bonchev–Trinajstić information content (AvgIpc) is 3.32. The number of nitrogens with zero attached hydrogens (tertiary/aromatic N) is 3. The summed E-state index contributed by atoms with van der Waals surface area (Å²) in [5.74, 6) is -1.48. The molecule has 0 aromatic heterocycles. The Labute approximate surface area is 190 Å². The van der Waals surface area contributed by atoms with Crippen LogP contribution in [-0.4, -0.2) is 27.7 Å². The van der Waals surface area contributed by atoms with Crippen LogP contribution in [0.5, 0.6) is 0 Å². The third-order valence-corrected chi connectivity index (χ3v) is 6.10. The van der Waals surface area contributed by atoms with Gasteiger partial charge >= 0.3 is 0 Å². The lowest BCUT2D eigenvalue weighted by molar-refractivity contribution is -0.384. The van der Waals surface area contributed by atoms with E-state index in [1.54, 1.807) is 12.1 Å². The van der Waals surface area contributed by atoms with Gasteiger partial charge in [-0.05, 0) is 24.1 Å². The Morgan fingerprint density at radius 2 is 1.67 bits per heavy atom. The number of imide groups is 1. The summed E-state index contributed by atoms with van der Waals surface area (Å²) in [5.41, 5.74) is 3.01. The number of rotatable bonds is 5. The standard InChI is InChI=1S/C25H21N3O5/c1-16-10-12-18(13-11-16)22-21-23(33-27(22)19-8-5-9-20(14-19)28(31)32)25(30)26(24(21)29)15-17-6-3-2-4-7-17/h2-14,21-23H,15H2,1H3/t21-,22-,23-/m1/s1. The number of nitro benzene ring substituents is 1. The molecule has 2 fully saturated rings. The van der Waals surface area contributed by atoms with E-state index in [-0.39, 0.29) is 18.1 Å². The molecule has 2 saturated heterocycles. The minimum absolute atomic E-state index is 0.0980. The number of nitro groups is 1. The van der Waals surface area contributed by atoms with Gasteiger partial charge in [-0.3, -0.25) is 29.4 Å². The predicted octanol–water partition coefficient (Wildman–Crippen LogP) is 3.95. The van der Waals surface area contributed by atoms with E-state index >= 15 is 0 Å². The molecule has 0 saturated carbocycles. The van der Waals surface area contributed by atoms with Crippen LogP contribution in [0.1, 0.15) is 22.7 Å². The molecular weight excluding hydrogens is 422 g/mol. The van der Waals surface area contributed by atoms with Gasteiger partial charge in [-0.15, -0.1) is 0 Å². The first-order chi connectivity index (χ1) is 15.9. The van der Waals surface area contributed by atoms with E-state index in [0.717, 1.165) is 16.7 Å². The average molecular weight is 443 g/mol. The lowest BCUT2D eigenvalue weighted by Gasteiger charge is -2.28. The van der Waals surface area contributed by atoms with Gasteiger partial charge in [0.15, 0.2) is 6.10 Å². The lowest BCUT2D eigenvalue weighted by atomic mass is 9.90. The Morgan fingerprint density at radius 3 is 2.36 bits per heavy atom. The molecule has 2 amide bonds. The zero-order valence-corrected chi connectivity index (χ0v) is 17.8. The van der Waals surface area contributed by atoms with Gasteiger partial charge in [0.25, 0.3) is 11.6 Å². The minimum Gasteiger partial charge on any atom is -0.275 e. The number of carbonyl (C=O) groups excluding carboxylic acids is 2. The summed E-state index contributed by atoms with van der Waals surface area (Å²) in [6.45, 7) is 2.13. The fraction of sp³-hybridized carbons (Fsp3) is 0.200. The van der Waals surface area contributed by atoms with Crippen LogP contribution in [0.15, 0.2) is 78.9 Å². The Hall–Kier alpha value is -4.04. The van der Waals surface area contributed by atoms with Crippen LogP contribution in [0.2, 0.25) is 0 Å². The SMILES string of the molecule is Cc1ccc([C@@H]2[C@H]3C(=O)N(Cc4ccccc4)C(=O)[C@@H]3ON2c2cccc([N+](=O)[O-])c2)cc1. The van der Waals surface area contributed by atoms with Crippen molar-refractivity contribution in [3.8, 4) is 0 Å². The maximum absolute atomic E-state index is 13.5. The van der Waals surface area contributed by atoms with E-state index in [0.29, 0.717) is 5.69 Å². The zero-order chi connectivity index (χ0) is 23.1. The third kappa shape index (κ3) is 3.64. The van der Waals surface area contributed by atoms with Crippen molar-refractivity contribution in [3.05, 3.63) is 106 Å². The highest BCUT2D eigenvalue weighted by Gasteiger charge is 2.59. The van der Waals surface area contributed by atoms with Gasteiger partial charge in [0.1, 0.15) is 5.92 Å². The molecule has 3 aromatic rings. The number of fused-ring (bicyclic) bond motifs is 1. The molecule has 2 aliphatic heterocycles. The summed E-state index contributed by atoms with van der Waals surface area (Å²) in [6.07, 6.45) is -0.994. The van der Waals surface area contributed by atoms with E-state index in [2.05, 4.69) is 0 Å². The van der Waals surface area contributed by atoms with Crippen molar-refractivity contribution in [1.29, 1.82) is 0 Å². The Bertz CT molecular complexity index is 1230. The number of carbonyl (C=O) groups is 2. The molecule has 3 atom stereocenters. The second kappa shape index (κ2) is 8.14. The second-order valence-electron chi connectivity index (χ2n) is 8.26. The summed E-state index contributed by atoms with van der Waals surface area (Å²) >= 11 is 0. The Kier molecular flexibility index (Phi) is 5.14. The molecule has 0 spiro atoms. The van der Waals surface area contributed by atoms with Gasteiger partial charge in [0.2, 0.25) is 5.91 Å². The van der Waals surface area contributed by atoms with Crippen molar-refractivity contribution >= 4 is 23.2 Å². The van der Waals surface area contributed by atoms with E-state index in [1.165, 1.54) is 22.1 Å². The van der Waals surface area contributed by atoms with Crippen molar-refractivity contribution in [2.75, 3.05) is 5.06 Å². The number of aryl methyl sites for hydroxylation is 1. The largest absolute Gasteiger partial charge is 0.275 e. The fourth-order valence-corrected chi connectivity index (χ4v) is 4.46. The Morgan fingerprint density at radius 1 is 0.939 bits per heavy atom. The van der Waals surface area contributed by atoms with Gasteiger partial charge < -0.3 is 0 Å². The number of anilines is 1. The number of non-ortho nitro benzene ring substituents is 1. The monoisotopic (exact) mass is 443 g/mol. The van der Waals surface area contributed by atoms with Crippen LogP contribution in [0.4, 0.5) is 11.4 Å². The van der Waals surface area contributed by atoms with Crippen molar-refractivity contribution in [2.45, 2.75) is 25.6 Å². The molecule has 2 aliphatic rings.